The van der Waals surface area contributed by atoms with E-state index in [1.54, 1.807) is 10.5 Å². The number of fused-ring (bicyclic) bond motifs is 1. The molecule has 3 heterocycles. The summed E-state index contributed by atoms with van der Waals surface area (Å²) in [4.78, 5) is 30.4. The largest absolute Gasteiger partial charge is 0.452 e. The number of ether oxygens (including phenoxy) is 1. The van der Waals surface area contributed by atoms with Gasteiger partial charge in [0.05, 0.1) is 5.69 Å². The third-order valence-electron chi connectivity index (χ3n) is 4.72. The van der Waals surface area contributed by atoms with E-state index in [1.165, 1.54) is 6.08 Å². The fraction of sp³-hybridized carbons (Fsp3) is 0.421. The summed E-state index contributed by atoms with van der Waals surface area (Å²) in [6, 6.07) is 5.88. The summed E-state index contributed by atoms with van der Waals surface area (Å²) in [7, 11) is 0. The van der Waals surface area contributed by atoms with Gasteiger partial charge in [0.15, 0.2) is 11.8 Å². The molecule has 1 aliphatic heterocycles. The van der Waals surface area contributed by atoms with Crippen LogP contribution in [0, 0.1) is 0 Å². The number of amides is 1. The van der Waals surface area contributed by atoms with E-state index in [-0.39, 0.29) is 24.6 Å². The minimum absolute atomic E-state index is 0.153. The highest BCUT2D eigenvalue weighted by atomic mass is 35.5. The number of hydrogen-bond acceptors (Lipinski definition) is 4. The molecule has 1 aliphatic rings. The van der Waals surface area contributed by atoms with E-state index < -0.39 is 5.97 Å². The molecule has 0 aliphatic carbocycles. The quantitative estimate of drug-likeness (QED) is 0.607. The summed E-state index contributed by atoms with van der Waals surface area (Å²) in [5.74, 6) is -0.739. The van der Waals surface area contributed by atoms with Crippen molar-refractivity contribution >= 4 is 35.2 Å². The van der Waals surface area contributed by atoms with Crippen LogP contribution in [0.25, 0.3) is 11.7 Å². The van der Waals surface area contributed by atoms with E-state index in [0.29, 0.717) is 16.5 Å². The minimum Gasteiger partial charge on any atom is -0.452 e. The molecular formula is C19H22ClN3O3. The number of likely N-dealkylation sites (tertiary alicyclic amines) is 1. The number of pyridine rings is 1. The third kappa shape index (κ3) is 3.90. The van der Waals surface area contributed by atoms with Crippen LogP contribution >= 0.6 is 11.6 Å². The van der Waals surface area contributed by atoms with E-state index in [4.69, 9.17) is 16.3 Å². The Morgan fingerprint density at radius 3 is 2.77 bits per heavy atom. The molecule has 1 fully saturated rings. The molecule has 2 aromatic heterocycles. The second-order valence-corrected chi connectivity index (χ2v) is 6.95. The van der Waals surface area contributed by atoms with Gasteiger partial charge in [-0.05, 0) is 51.3 Å². The van der Waals surface area contributed by atoms with Crippen LogP contribution in [0.3, 0.4) is 0 Å². The van der Waals surface area contributed by atoms with Gasteiger partial charge in [-0.2, -0.15) is 0 Å². The highest BCUT2D eigenvalue weighted by Gasteiger charge is 2.29. The van der Waals surface area contributed by atoms with E-state index >= 15 is 0 Å². The van der Waals surface area contributed by atoms with Gasteiger partial charge in [0.25, 0.3) is 5.91 Å². The first-order valence-electron chi connectivity index (χ1n) is 8.76. The van der Waals surface area contributed by atoms with E-state index in [1.807, 2.05) is 43.1 Å². The first-order valence-corrected chi connectivity index (χ1v) is 9.13. The maximum Gasteiger partial charge on any atom is 0.331 e. The number of halogens is 1. The lowest BCUT2D eigenvalue weighted by Crippen LogP contribution is -2.49. The predicted molar refractivity (Wildman–Crippen MR) is 99.8 cm³/mol. The van der Waals surface area contributed by atoms with E-state index in [9.17, 15) is 9.59 Å². The molecule has 26 heavy (non-hydrogen) atoms. The number of carbonyl (C=O) groups excluding carboxylic acids is 2. The summed E-state index contributed by atoms with van der Waals surface area (Å²) in [6.45, 7) is 3.81. The molecule has 138 valence electrons. The molecule has 7 heteroatoms. The van der Waals surface area contributed by atoms with Crippen LogP contribution < -0.4 is 0 Å². The molecule has 0 bridgehead atoms. The Bertz CT molecular complexity index is 836. The van der Waals surface area contributed by atoms with Crippen LogP contribution in [0.15, 0.2) is 30.5 Å². The third-order valence-corrected chi connectivity index (χ3v) is 5.00. The maximum absolute atomic E-state index is 12.4. The Hall–Kier alpha value is -2.34. The number of aromatic nitrogens is 2. The summed E-state index contributed by atoms with van der Waals surface area (Å²) in [6.07, 6.45) is 7.70. The topological polar surface area (TPSA) is 63.9 Å². The molecule has 2 aromatic rings. The Balaban J connectivity index is 1.61. The van der Waals surface area contributed by atoms with Crippen molar-refractivity contribution in [3.63, 3.8) is 0 Å². The van der Waals surface area contributed by atoms with Crippen LogP contribution in [0.4, 0.5) is 0 Å². The Kier molecular flexibility index (Phi) is 5.61. The number of piperidine rings is 1. The van der Waals surface area contributed by atoms with Crippen LogP contribution in [-0.2, 0) is 14.3 Å². The second-order valence-electron chi connectivity index (χ2n) is 6.59. The molecule has 2 atom stereocenters. The lowest BCUT2D eigenvalue weighted by molar-refractivity contribution is -0.151. The number of hydrogen-bond donors (Lipinski definition) is 0. The molecule has 0 saturated carbocycles. The van der Waals surface area contributed by atoms with Gasteiger partial charge in [-0.15, -0.1) is 0 Å². The van der Waals surface area contributed by atoms with Crippen molar-refractivity contribution in [2.45, 2.75) is 45.2 Å². The highest BCUT2D eigenvalue weighted by Crippen LogP contribution is 2.22. The zero-order valence-electron chi connectivity index (χ0n) is 14.9. The first-order chi connectivity index (χ1) is 12.5. The lowest BCUT2D eigenvalue weighted by Gasteiger charge is -2.38. The monoisotopic (exact) mass is 375 g/mol. The van der Waals surface area contributed by atoms with Crippen LogP contribution in [0.2, 0.25) is 5.15 Å². The smallest absolute Gasteiger partial charge is 0.331 e. The Labute approximate surface area is 157 Å². The molecule has 1 saturated heterocycles. The number of carbonyl (C=O) groups is 2. The SMILES string of the molecule is C[C@@H]1CCC[C@H](C)N1C(=O)COC(=O)/C=C/c1c(Cl)nc2ccccn12. The fourth-order valence-electron chi connectivity index (χ4n) is 3.45. The molecule has 1 amide bonds. The van der Waals surface area contributed by atoms with Gasteiger partial charge in [0.1, 0.15) is 5.65 Å². The van der Waals surface area contributed by atoms with E-state index in [0.717, 1.165) is 19.3 Å². The van der Waals surface area contributed by atoms with Gasteiger partial charge in [-0.25, -0.2) is 9.78 Å². The van der Waals surface area contributed by atoms with E-state index in [2.05, 4.69) is 4.98 Å². The normalized spacial score (nSPS) is 20.7. The standard InChI is InChI=1S/C19H22ClN3O3/c1-13-6-5-7-14(2)23(13)17(24)12-26-18(25)10-9-15-19(20)21-16-8-3-4-11-22(15)16/h3-4,8-11,13-14H,5-7,12H2,1-2H3/b10-9+/t13-,14+. The van der Waals surface area contributed by atoms with Crippen molar-refractivity contribution in [3.05, 3.63) is 41.3 Å². The van der Waals surface area contributed by atoms with Gasteiger partial charge in [-0.1, -0.05) is 17.7 Å². The molecular weight excluding hydrogens is 354 g/mol. The predicted octanol–water partition coefficient (Wildman–Crippen LogP) is 3.33. The average molecular weight is 376 g/mol. The van der Waals surface area contributed by atoms with Gasteiger partial charge in [0.2, 0.25) is 0 Å². The van der Waals surface area contributed by atoms with Crippen molar-refractivity contribution in [2.24, 2.45) is 0 Å². The van der Waals surface area contributed by atoms with Gasteiger partial charge in [-0.3, -0.25) is 9.20 Å². The molecule has 0 spiro atoms. The van der Waals surface area contributed by atoms with Gasteiger partial charge >= 0.3 is 5.97 Å². The molecule has 0 aromatic carbocycles. The average Bonchev–Trinajstić information content (AvgIpc) is 2.93. The number of nitrogens with zero attached hydrogens (tertiary/aromatic N) is 3. The van der Waals surface area contributed by atoms with Crippen LogP contribution in [-0.4, -0.2) is 44.9 Å². The van der Waals surface area contributed by atoms with Crippen LogP contribution in [0.1, 0.15) is 38.8 Å². The molecule has 0 radical (unpaired) electrons. The van der Waals surface area contributed by atoms with Crippen molar-refractivity contribution in [1.29, 1.82) is 0 Å². The van der Waals surface area contributed by atoms with Crippen molar-refractivity contribution in [1.82, 2.24) is 14.3 Å². The summed E-state index contributed by atoms with van der Waals surface area (Å²) in [5.41, 5.74) is 1.28. The molecule has 3 rings (SSSR count). The Morgan fingerprint density at radius 2 is 2.04 bits per heavy atom. The number of imidazole rings is 1. The lowest BCUT2D eigenvalue weighted by atomic mass is 9.97. The van der Waals surface area contributed by atoms with Crippen molar-refractivity contribution in [2.75, 3.05) is 6.61 Å². The van der Waals surface area contributed by atoms with Crippen molar-refractivity contribution < 1.29 is 14.3 Å². The number of esters is 1. The van der Waals surface area contributed by atoms with Crippen molar-refractivity contribution in [3.8, 4) is 0 Å². The zero-order valence-corrected chi connectivity index (χ0v) is 15.6. The minimum atomic E-state index is -0.586. The first kappa shape index (κ1) is 18.5. The Morgan fingerprint density at radius 1 is 1.31 bits per heavy atom. The second kappa shape index (κ2) is 7.91. The zero-order chi connectivity index (χ0) is 18.7. The van der Waals surface area contributed by atoms with Gasteiger partial charge < -0.3 is 9.64 Å². The fourth-order valence-corrected chi connectivity index (χ4v) is 3.69. The number of rotatable bonds is 4. The molecule has 0 unspecified atom stereocenters. The summed E-state index contributed by atoms with van der Waals surface area (Å²) >= 11 is 6.12. The summed E-state index contributed by atoms with van der Waals surface area (Å²) < 4.78 is 6.89. The highest BCUT2D eigenvalue weighted by molar-refractivity contribution is 6.31. The molecule has 0 N–H and O–H groups in total. The maximum atomic E-state index is 12.4. The summed E-state index contributed by atoms with van der Waals surface area (Å²) in [5, 5.41) is 0.298. The van der Waals surface area contributed by atoms with Gasteiger partial charge in [0, 0.05) is 24.4 Å². The molecule has 6 nitrogen and oxygen atoms in total. The van der Waals surface area contributed by atoms with Crippen LogP contribution in [0.5, 0.6) is 0 Å².